The van der Waals surface area contributed by atoms with Crippen LogP contribution in [0.1, 0.15) is 33.9 Å². The van der Waals surface area contributed by atoms with Crippen molar-refractivity contribution in [2.75, 3.05) is 0 Å². The number of hydrogen-bond donors (Lipinski definition) is 1. The quantitative estimate of drug-likeness (QED) is 0.881. The predicted molar refractivity (Wildman–Crippen MR) is 75.7 cm³/mol. The van der Waals surface area contributed by atoms with Crippen LogP contribution in [0.2, 0.25) is 0 Å². The topological polar surface area (TPSA) is 20.2 Å². The highest BCUT2D eigenvalue weighted by Gasteiger charge is 2.13. The van der Waals surface area contributed by atoms with Crippen molar-refractivity contribution < 1.29 is 9.50 Å². The fraction of sp³-hybridized carbons (Fsp3) is 0.294. The lowest BCUT2D eigenvalue weighted by atomic mass is 9.96. The van der Waals surface area contributed by atoms with Gasteiger partial charge in [0.05, 0.1) is 6.10 Å². The third kappa shape index (κ3) is 3.02. The number of aliphatic hydroxyl groups is 1. The van der Waals surface area contributed by atoms with Crippen molar-refractivity contribution in [3.05, 3.63) is 70.0 Å². The Bertz CT molecular complexity index is 567. The van der Waals surface area contributed by atoms with Crippen LogP contribution in [0, 0.1) is 26.6 Å². The highest BCUT2D eigenvalue weighted by Crippen LogP contribution is 2.24. The summed E-state index contributed by atoms with van der Waals surface area (Å²) in [5.41, 5.74) is 4.23. The van der Waals surface area contributed by atoms with Crippen LogP contribution in [-0.4, -0.2) is 5.11 Å². The van der Waals surface area contributed by atoms with Gasteiger partial charge in [-0.3, -0.25) is 0 Å². The average molecular weight is 258 g/mol. The lowest BCUT2D eigenvalue weighted by Crippen LogP contribution is -2.05. The molecule has 0 saturated carbocycles. The van der Waals surface area contributed by atoms with Gasteiger partial charge in [-0.15, -0.1) is 0 Å². The molecule has 0 saturated heterocycles. The first-order valence-electron chi connectivity index (χ1n) is 6.48. The van der Waals surface area contributed by atoms with Crippen LogP contribution in [-0.2, 0) is 6.42 Å². The van der Waals surface area contributed by atoms with E-state index in [0.717, 1.165) is 16.7 Å². The summed E-state index contributed by atoms with van der Waals surface area (Å²) in [7, 11) is 0. The Balaban J connectivity index is 2.26. The predicted octanol–water partition coefficient (Wildman–Crippen LogP) is 4.03. The zero-order valence-corrected chi connectivity index (χ0v) is 11.6. The molecule has 0 fully saturated rings. The standard InChI is InChI=1S/C17H19FO/c1-11-6-4-5-7-14(11)10-16(19)15-8-12(2)17(18)13(3)9-15/h4-9,16,19H,10H2,1-3H3. The summed E-state index contributed by atoms with van der Waals surface area (Å²) >= 11 is 0. The van der Waals surface area contributed by atoms with E-state index in [-0.39, 0.29) is 5.82 Å². The first kappa shape index (κ1) is 13.8. The van der Waals surface area contributed by atoms with Crippen LogP contribution in [0.3, 0.4) is 0 Å². The molecule has 100 valence electrons. The minimum Gasteiger partial charge on any atom is -0.388 e. The maximum absolute atomic E-state index is 13.6. The zero-order valence-electron chi connectivity index (χ0n) is 11.6. The molecule has 0 aliphatic heterocycles. The molecule has 1 unspecified atom stereocenters. The van der Waals surface area contributed by atoms with Crippen molar-refractivity contribution in [3.8, 4) is 0 Å². The van der Waals surface area contributed by atoms with Crippen LogP contribution in [0.5, 0.6) is 0 Å². The molecule has 2 aromatic rings. The summed E-state index contributed by atoms with van der Waals surface area (Å²) in [6.07, 6.45) is -0.0453. The van der Waals surface area contributed by atoms with Crippen molar-refractivity contribution in [2.24, 2.45) is 0 Å². The van der Waals surface area contributed by atoms with Crippen LogP contribution >= 0.6 is 0 Å². The fourth-order valence-corrected chi connectivity index (χ4v) is 2.34. The van der Waals surface area contributed by atoms with Gasteiger partial charge in [-0.1, -0.05) is 36.4 Å². The Morgan fingerprint density at radius 2 is 1.58 bits per heavy atom. The van der Waals surface area contributed by atoms with Gasteiger partial charge in [0.1, 0.15) is 5.82 Å². The molecular formula is C17H19FO. The summed E-state index contributed by atoms with van der Waals surface area (Å²) < 4.78 is 13.6. The molecule has 1 nitrogen and oxygen atoms in total. The van der Waals surface area contributed by atoms with Crippen molar-refractivity contribution in [1.82, 2.24) is 0 Å². The minimum absolute atomic E-state index is 0.188. The molecule has 2 rings (SSSR count). The summed E-state index contributed by atoms with van der Waals surface area (Å²) in [6, 6.07) is 11.5. The van der Waals surface area contributed by atoms with Crippen LogP contribution in [0.4, 0.5) is 4.39 Å². The Hall–Kier alpha value is -1.67. The van der Waals surface area contributed by atoms with Gasteiger partial charge in [0, 0.05) is 6.42 Å². The molecule has 1 N–H and O–H groups in total. The van der Waals surface area contributed by atoms with Gasteiger partial charge >= 0.3 is 0 Å². The Kier molecular flexibility index (Phi) is 4.01. The van der Waals surface area contributed by atoms with E-state index in [2.05, 4.69) is 0 Å². The smallest absolute Gasteiger partial charge is 0.129 e. The third-order valence-electron chi connectivity index (χ3n) is 3.52. The number of halogens is 1. The molecular weight excluding hydrogens is 239 g/mol. The van der Waals surface area contributed by atoms with Crippen molar-refractivity contribution in [3.63, 3.8) is 0 Å². The Morgan fingerprint density at radius 1 is 1.00 bits per heavy atom. The molecule has 0 amide bonds. The average Bonchev–Trinajstić information content (AvgIpc) is 2.38. The maximum Gasteiger partial charge on any atom is 0.129 e. The van der Waals surface area contributed by atoms with Gasteiger partial charge < -0.3 is 5.11 Å². The highest BCUT2D eigenvalue weighted by atomic mass is 19.1. The Labute approximate surface area is 113 Å². The second-order valence-corrected chi connectivity index (χ2v) is 5.12. The number of benzene rings is 2. The van der Waals surface area contributed by atoms with Crippen LogP contribution in [0.15, 0.2) is 36.4 Å². The summed E-state index contributed by atoms with van der Waals surface area (Å²) in [6.45, 7) is 5.49. The lowest BCUT2D eigenvalue weighted by Gasteiger charge is -2.15. The van der Waals surface area contributed by atoms with Gasteiger partial charge in [0.2, 0.25) is 0 Å². The summed E-state index contributed by atoms with van der Waals surface area (Å²) in [5, 5.41) is 10.3. The fourth-order valence-electron chi connectivity index (χ4n) is 2.34. The normalized spacial score (nSPS) is 12.5. The van der Waals surface area contributed by atoms with Gasteiger partial charge in [-0.05, 0) is 48.6 Å². The molecule has 2 heteroatoms. The molecule has 1 atom stereocenters. The Morgan fingerprint density at radius 3 is 2.16 bits per heavy atom. The molecule has 0 heterocycles. The van der Waals surface area contributed by atoms with Gasteiger partial charge in [-0.25, -0.2) is 4.39 Å². The highest BCUT2D eigenvalue weighted by molar-refractivity contribution is 5.34. The second kappa shape index (κ2) is 5.54. The van der Waals surface area contributed by atoms with Gasteiger partial charge in [0.25, 0.3) is 0 Å². The van der Waals surface area contributed by atoms with Gasteiger partial charge in [-0.2, -0.15) is 0 Å². The van der Waals surface area contributed by atoms with E-state index in [1.54, 1.807) is 26.0 Å². The SMILES string of the molecule is Cc1ccccc1CC(O)c1cc(C)c(F)c(C)c1. The van der Waals surface area contributed by atoms with Crippen molar-refractivity contribution in [2.45, 2.75) is 33.3 Å². The molecule has 0 radical (unpaired) electrons. The number of aliphatic hydroxyl groups excluding tert-OH is 1. The van der Waals surface area contributed by atoms with Crippen molar-refractivity contribution >= 4 is 0 Å². The monoisotopic (exact) mass is 258 g/mol. The van der Waals surface area contributed by atoms with Crippen LogP contribution < -0.4 is 0 Å². The molecule has 0 aliphatic carbocycles. The van der Waals surface area contributed by atoms with Crippen molar-refractivity contribution in [1.29, 1.82) is 0 Å². The first-order valence-corrected chi connectivity index (χ1v) is 6.48. The van der Waals surface area contributed by atoms with E-state index >= 15 is 0 Å². The van der Waals surface area contributed by atoms with Crippen LogP contribution in [0.25, 0.3) is 0 Å². The van der Waals surface area contributed by atoms with E-state index in [4.69, 9.17) is 0 Å². The largest absolute Gasteiger partial charge is 0.388 e. The van der Waals surface area contributed by atoms with E-state index in [9.17, 15) is 9.50 Å². The van der Waals surface area contributed by atoms with E-state index in [0.29, 0.717) is 17.5 Å². The van der Waals surface area contributed by atoms with E-state index in [1.807, 2.05) is 31.2 Å². The minimum atomic E-state index is -0.598. The molecule has 0 aromatic heterocycles. The number of rotatable bonds is 3. The molecule has 2 aromatic carbocycles. The molecule has 0 aliphatic rings. The summed E-state index contributed by atoms with van der Waals surface area (Å²) in [4.78, 5) is 0. The molecule has 0 bridgehead atoms. The van der Waals surface area contributed by atoms with E-state index in [1.165, 1.54) is 0 Å². The van der Waals surface area contributed by atoms with Gasteiger partial charge in [0.15, 0.2) is 0 Å². The lowest BCUT2D eigenvalue weighted by molar-refractivity contribution is 0.178. The maximum atomic E-state index is 13.6. The number of hydrogen-bond acceptors (Lipinski definition) is 1. The third-order valence-corrected chi connectivity index (χ3v) is 3.52. The summed E-state index contributed by atoms with van der Waals surface area (Å²) in [5.74, 6) is -0.188. The second-order valence-electron chi connectivity index (χ2n) is 5.12. The van der Waals surface area contributed by atoms with E-state index < -0.39 is 6.10 Å². The molecule has 0 spiro atoms. The molecule has 19 heavy (non-hydrogen) atoms. The number of aryl methyl sites for hydroxylation is 3. The first-order chi connectivity index (χ1) is 8.99. The zero-order chi connectivity index (χ0) is 14.0.